The fraction of sp³-hybridized carbons (Fsp3) is 0.0625. The fourth-order valence-electron chi connectivity index (χ4n) is 1.96. The number of carboxylic acids is 1. The van der Waals surface area contributed by atoms with Crippen molar-refractivity contribution in [2.75, 3.05) is 0 Å². The van der Waals surface area contributed by atoms with Gasteiger partial charge in [-0.1, -0.05) is 18.2 Å². The van der Waals surface area contributed by atoms with Crippen LogP contribution in [-0.4, -0.2) is 30.8 Å². The van der Waals surface area contributed by atoms with Crippen LogP contribution in [0.5, 0.6) is 5.75 Å². The maximum Gasteiger partial charge on any atom is 0.338 e. The molecule has 0 amide bonds. The number of carbonyl (C=O) groups is 1. The molecule has 0 saturated heterocycles. The Kier molecular flexibility index (Phi) is 4.16. The lowest BCUT2D eigenvalue weighted by atomic mass is 10.1. The molecule has 0 unspecified atom stereocenters. The number of carboxylic acid groups (broad SMARTS) is 1. The van der Waals surface area contributed by atoms with Gasteiger partial charge in [-0.2, -0.15) is 10.4 Å². The van der Waals surface area contributed by atoms with Gasteiger partial charge in [0.1, 0.15) is 6.61 Å². The van der Waals surface area contributed by atoms with E-state index in [4.69, 9.17) is 15.1 Å². The molecular formula is C16H11N5O3. The van der Waals surface area contributed by atoms with Crippen LogP contribution in [0.15, 0.2) is 49.1 Å². The highest BCUT2D eigenvalue weighted by molar-refractivity contribution is 5.86. The largest absolute Gasteiger partial charge is 0.486 e. The van der Waals surface area contributed by atoms with Crippen LogP contribution in [-0.2, 0) is 6.61 Å². The summed E-state index contributed by atoms with van der Waals surface area (Å²) in [6.07, 6.45) is 5.45. The van der Waals surface area contributed by atoms with Crippen molar-refractivity contribution < 1.29 is 14.6 Å². The number of ether oxygens (including phenoxy) is 1. The lowest BCUT2D eigenvalue weighted by Gasteiger charge is -2.07. The standard InChI is InChI=1S/C16H11N5O3/c17-5-11-3-1-2-4-12(11)10-24-14-7-18-16(19-8-14)21-9-13(6-20-21)15(22)23/h1-4,6-9H,10H2,(H,22,23). The topological polar surface area (TPSA) is 114 Å². The summed E-state index contributed by atoms with van der Waals surface area (Å²) >= 11 is 0. The molecular weight excluding hydrogens is 310 g/mol. The second-order valence-corrected chi connectivity index (χ2v) is 4.76. The van der Waals surface area contributed by atoms with E-state index in [1.807, 2.05) is 12.1 Å². The molecule has 3 aromatic rings. The first kappa shape index (κ1) is 15.2. The van der Waals surface area contributed by atoms with Crippen molar-refractivity contribution >= 4 is 5.97 Å². The SMILES string of the molecule is N#Cc1ccccc1COc1cnc(-n2cc(C(=O)O)cn2)nc1. The van der Waals surface area contributed by atoms with Crippen molar-refractivity contribution in [1.82, 2.24) is 19.7 Å². The molecule has 2 aromatic heterocycles. The van der Waals surface area contributed by atoms with Crippen LogP contribution in [0, 0.1) is 11.3 Å². The molecule has 0 bridgehead atoms. The summed E-state index contributed by atoms with van der Waals surface area (Å²) in [7, 11) is 0. The molecule has 1 N–H and O–H groups in total. The number of hydrogen-bond donors (Lipinski definition) is 1. The highest BCUT2D eigenvalue weighted by Crippen LogP contribution is 2.14. The molecule has 0 saturated carbocycles. The molecule has 24 heavy (non-hydrogen) atoms. The second-order valence-electron chi connectivity index (χ2n) is 4.76. The van der Waals surface area contributed by atoms with Gasteiger partial charge in [-0.25, -0.2) is 19.4 Å². The third-order valence-corrected chi connectivity index (χ3v) is 3.18. The van der Waals surface area contributed by atoms with Crippen molar-refractivity contribution in [1.29, 1.82) is 5.26 Å². The quantitative estimate of drug-likeness (QED) is 0.762. The van der Waals surface area contributed by atoms with Gasteiger partial charge in [0, 0.05) is 11.8 Å². The highest BCUT2D eigenvalue weighted by Gasteiger charge is 2.09. The molecule has 0 aliphatic rings. The van der Waals surface area contributed by atoms with Crippen molar-refractivity contribution in [3.05, 3.63) is 65.7 Å². The van der Waals surface area contributed by atoms with E-state index < -0.39 is 5.97 Å². The maximum absolute atomic E-state index is 10.8. The average Bonchev–Trinajstić information content (AvgIpc) is 3.11. The summed E-state index contributed by atoms with van der Waals surface area (Å²) in [4.78, 5) is 19.0. The number of hydrogen-bond acceptors (Lipinski definition) is 6. The average molecular weight is 321 g/mol. The number of rotatable bonds is 5. The zero-order valence-corrected chi connectivity index (χ0v) is 12.3. The summed E-state index contributed by atoms with van der Waals surface area (Å²) in [5.74, 6) is -0.415. The first-order valence-corrected chi connectivity index (χ1v) is 6.88. The monoisotopic (exact) mass is 321 g/mol. The molecule has 3 rings (SSSR count). The first-order chi connectivity index (χ1) is 11.7. The molecule has 2 heterocycles. The van der Waals surface area contributed by atoms with Crippen molar-refractivity contribution in [2.24, 2.45) is 0 Å². The van der Waals surface area contributed by atoms with E-state index >= 15 is 0 Å². The molecule has 1 aromatic carbocycles. The lowest BCUT2D eigenvalue weighted by Crippen LogP contribution is -2.03. The Hall–Kier alpha value is -3.73. The zero-order valence-electron chi connectivity index (χ0n) is 12.3. The minimum absolute atomic E-state index is 0.0482. The predicted octanol–water partition coefficient (Wildman–Crippen LogP) is 1.81. The summed E-state index contributed by atoms with van der Waals surface area (Å²) in [6, 6.07) is 9.25. The third kappa shape index (κ3) is 3.20. The fourth-order valence-corrected chi connectivity index (χ4v) is 1.96. The summed E-state index contributed by atoms with van der Waals surface area (Å²) < 4.78 is 6.83. The van der Waals surface area contributed by atoms with Gasteiger partial charge in [0.2, 0.25) is 0 Å². The van der Waals surface area contributed by atoms with Crippen LogP contribution in [0.3, 0.4) is 0 Å². The maximum atomic E-state index is 10.8. The van der Waals surface area contributed by atoms with Gasteiger partial charge in [0.25, 0.3) is 5.95 Å². The number of aromatic nitrogens is 4. The van der Waals surface area contributed by atoms with E-state index in [1.54, 1.807) is 12.1 Å². The van der Waals surface area contributed by atoms with Crippen LogP contribution in [0.25, 0.3) is 5.95 Å². The Bertz CT molecular complexity index is 912. The van der Waals surface area contributed by atoms with E-state index in [0.29, 0.717) is 11.3 Å². The van der Waals surface area contributed by atoms with E-state index in [-0.39, 0.29) is 18.1 Å². The van der Waals surface area contributed by atoms with E-state index in [1.165, 1.54) is 29.5 Å². The first-order valence-electron chi connectivity index (χ1n) is 6.88. The molecule has 0 aliphatic heterocycles. The summed E-state index contributed by atoms with van der Waals surface area (Å²) in [5.41, 5.74) is 1.36. The van der Waals surface area contributed by atoms with Gasteiger partial charge < -0.3 is 9.84 Å². The number of nitriles is 1. The number of benzene rings is 1. The Morgan fingerprint density at radius 1 is 1.25 bits per heavy atom. The smallest absolute Gasteiger partial charge is 0.338 e. The van der Waals surface area contributed by atoms with E-state index in [2.05, 4.69) is 21.1 Å². The third-order valence-electron chi connectivity index (χ3n) is 3.18. The second kappa shape index (κ2) is 6.58. The van der Waals surface area contributed by atoms with Gasteiger partial charge in [-0.15, -0.1) is 0 Å². The van der Waals surface area contributed by atoms with Gasteiger partial charge in [-0.3, -0.25) is 0 Å². The molecule has 0 atom stereocenters. The Balaban J connectivity index is 1.70. The Morgan fingerprint density at radius 2 is 2.00 bits per heavy atom. The van der Waals surface area contributed by atoms with Gasteiger partial charge >= 0.3 is 5.97 Å². The molecule has 118 valence electrons. The lowest BCUT2D eigenvalue weighted by molar-refractivity contribution is 0.0697. The molecule has 0 spiro atoms. The minimum Gasteiger partial charge on any atom is -0.486 e. The highest BCUT2D eigenvalue weighted by atomic mass is 16.5. The van der Waals surface area contributed by atoms with Crippen LogP contribution < -0.4 is 4.74 Å². The number of aromatic carboxylic acids is 1. The van der Waals surface area contributed by atoms with E-state index in [9.17, 15) is 4.79 Å². The van der Waals surface area contributed by atoms with Crippen LogP contribution in [0.1, 0.15) is 21.5 Å². The Labute approximate surface area is 136 Å². The number of nitrogens with zero attached hydrogens (tertiary/aromatic N) is 5. The summed E-state index contributed by atoms with van der Waals surface area (Å²) in [6.45, 7) is 0.220. The zero-order chi connectivity index (χ0) is 16.9. The normalized spacial score (nSPS) is 10.1. The molecule has 8 nitrogen and oxygen atoms in total. The summed E-state index contributed by atoms with van der Waals surface area (Å²) in [5, 5.41) is 21.8. The Morgan fingerprint density at radius 3 is 2.67 bits per heavy atom. The van der Waals surface area contributed by atoms with E-state index in [0.717, 1.165) is 5.56 Å². The van der Waals surface area contributed by atoms with Crippen LogP contribution >= 0.6 is 0 Å². The van der Waals surface area contributed by atoms with Crippen LogP contribution in [0.4, 0.5) is 0 Å². The molecule has 8 heteroatoms. The van der Waals surface area contributed by atoms with Crippen molar-refractivity contribution in [3.63, 3.8) is 0 Å². The van der Waals surface area contributed by atoms with Crippen LogP contribution in [0.2, 0.25) is 0 Å². The van der Waals surface area contributed by atoms with Gasteiger partial charge in [0.15, 0.2) is 5.75 Å². The predicted molar refractivity (Wildman–Crippen MR) is 81.6 cm³/mol. The van der Waals surface area contributed by atoms with Gasteiger partial charge in [0.05, 0.1) is 35.8 Å². The van der Waals surface area contributed by atoms with Crippen molar-refractivity contribution in [2.45, 2.75) is 6.61 Å². The molecule has 0 aliphatic carbocycles. The molecule has 0 fully saturated rings. The minimum atomic E-state index is -1.07. The molecule has 0 radical (unpaired) electrons. The van der Waals surface area contributed by atoms with Crippen molar-refractivity contribution in [3.8, 4) is 17.8 Å². The van der Waals surface area contributed by atoms with Gasteiger partial charge in [-0.05, 0) is 6.07 Å².